The van der Waals surface area contributed by atoms with E-state index >= 15 is 0 Å². The Morgan fingerprint density at radius 2 is 1.72 bits per heavy atom. The van der Waals surface area contributed by atoms with Gasteiger partial charge in [-0.15, -0.1) is 0 Å². The third kappa shape index (κ3) is 5.04. The Bertz CT molecular complexity index is 999. The Hall–Kier alpha value is -1.80. The van der Waals surface area contributed by atoms with Gasteiger partial charge in [-0.05, 0) is 55.7 Å². The normalized spacial score (nSPS) is 15.9. The van der Waals surface area contributed by atoms with E-state index in [1.54, 1.807) is 36.4 Å². The van der Waals surface area contributed by atoms with Gasteiger partial charge in [-0.1, -0.05) is 29.3 Å². The number of rotatable bonds is 5. The lowest BCUT2D eigenvalue weighted by Gasteiger charge is -2.31. The molecule has 2 aromatic carbocycles. The minimum Gasteiger partial charge on any atom is -0.495 e. The zero-order valence-corrected chi connectivity index (χ0v) is 18.4. The molecule has 1 saturated heterocycles. The summed E-state index contributed by atoms with van der Waals surface area (Å²) in [6.45, 7) is 2.35. The number of aryl methyl sites for hydroxylation is 1. The van der Waals surface area contributed by atoms with Crippen molar-refractivity contribution in [1.29, 1.82) is 0 Å². The van der Waals surface area contributed by atoms with Crippen molar-refractivity contribution in [1.82, 2.24) is 4.31 Å². The van der Waals surface area contributed by atoms with Gasteiger partial charge in [-0.3, -0.25) is 4.79 Å². The molecule has 1 amide bonds. The fraction of sp³-hybridized carbons (Fsp3) is 0.350. The summed E-state index contributed by atoms with van der Waals surface area (Å²) in [5, 5.41) is 3.67. The van der Waals surface area contributed by atoms with Crippen LogP contribution >= 0.6 is 23.2 Å². The van der Waals surface area contributed by atoms with Crippen molar-refractivity contribution in [2.24, 2.45) is 5.92 Å². The maximum Gasteiger partial charge on any atom is 0.246 e. The lowest BCUT2D eigenvalue weighted by Crippen LogP contribution is -2.41. The monoisotopic (exact) mass is 456 g/mol. The molecule has 6 nitrogen and oxygen atoms in total. The number of methoxy groups -OCH3 is 1. The molecule has 0 saturated carbocycles. The number of ether oxygens (including phenoxy) is 1. The number of carbonyl (C=O) groups excluding carboxylic acids is 1. The van der Waals surface area contributed by atoms with Gasteiger partial charge in [0, 0.05) is 34.7 Å². The van der Waals surface area contributed by atoms with Crippen molar-refractivity contribution in [3.8, 4) is 5.75 Å². The summed E-state index contributed by atoms with van der Waals surface area (Å²) < 4.78 is 32.8. The van der Waals surface area contributed by atoms with Crippen molar-refractivity contribution < 1.29 is 17.9 Å². The molecule has 29 heavy (non-hydrogen) atoms. The predicted octanol–water partition coefficient (Wildman–Crippen LogP) is 4.35. The van der Waals surface area contributed by atoms with Crippen LogP contribution in [0.5, 0.6) is 5.75 Å². The van der Waals surface area contributed by atoms with Crippen molar-refractivity contribution in [3.05, 3.63) is 52.0 Å². The molecule has 0 unspecified atom stereocenters. The predicted molar refractivity (Wildman–Crippen MR) is 114 cm³/mol. The Morgan fingerprint density at radius 1 is 1.10 bits per heavy atom. The van der Waals surface area contributed by atoms with E-state index in [-0.39, 0.29) is 29.8 Å². The fourth-order valence-corrected chi connectivity index (χ4v) is 5.59. The highest BCUT2D eigenvalue weighted by Crippen LogP contribution is 2.31. The number of amides is 1. The van der Waals surface area contributed by atoms with Crippen LogP contribution in [0.3, 0.4) is 0 Å². The van der Waals surface area contributed by atoms with Gasteiger partial charge >= 0.3 is 0 Å². The summed E-state index contributed by atoms with van der Waals surface area (Å²) in [7, 11) is -2.26. The van der Waals surface area contributed by atoms with Gasteiger partial charge < -0.3 is 10.1 Å². The van der Waals surface area contributed by atoms with Crippen LogP contribution in [0.4, 0.5) is 5.69 Å². The molecule has 1 aliphatic heterocycles. The van der Waals surface area contributed by atoms with Gasteiger partial charge in [0.2, 0.25) is 15.9 Å². The lowest BCUT2D eigenvalue weighted by molar-refractivity contribution is -0.120. The standard InChI is InChI=1S/C20H22Cl2N2O4S/c1-13-3-4-18(28-2)19(9-13)29(26,27)24-7-5-14(6-8-24)20(25)23-17-11-15(21)10-16(22)12-17/h3-4,9-12,14H,5-8H2,1-2H3,(H,23,25). The molecule has 1 fully saturated rings. The van der Waals surface area contributed by atoms with Crippen molar-refractivity contribution >= 4 is 44.8 Å². The molecule has 0 spiro atoms. The van der Waals surface area contributed by atoms with E-state index in [1.165, 1.54) is 11.4 Å². The molecular formula is C20H22Cl2N2O4S. The van der Waals surface area contributed by atoms with Gasteiger partial charge in [0.25, 0.3) is 0 Å². The van der Waals surface area contributed by atoms with E-state index in [2.05, 4.69) is 5.32 Å². The number of hydrogen-bond acceptors (Lipinski definition) is 4. The van der Waals surface area contributed by atoms with Gasteiger partial charge in [-0.2, -0.15) is 4.31 Å². The minimum absolute atomic E-state index is 0.150. The average Bonchev–Trinajstić information content (AvgIpc) is 2.67. The Balaban J connectivity index is 1.68. The SMILES string of the molecule is COc1ccc(C)cc1S(=O)(=O)N1CCC(C(=O)Nc2cc(Cl)cc(Cl)c2)CC1. The molecule has 0 aliphatic carbocycles. The molecule has 0 aromatic heterocycles. The molecule has 0 atom stereocenters. The number of piperidine rings is 1. The maximum atomic E-state index is 13.1. The quantitative estimate of drug-likeness (QED) is 0.725. The zero-order valence-electron chi connectivity index (χ0n) is 16.1. The summed E-state index contributed by atoms with van der Waals surface area (Å²) in [5.41, 5.74) is 1.35. The zero-order chi connectivity index (χ0) is 21.2. The van der Waals surface area contributed by atoms with Gasteiger partial charge in [0.1, 0.15) is 10.6 Å². The van der Waals surface area contributed by atoms with Crippen LogP contribution in [0.1, 0.15) is 18.4 Å². The Kier molecular flexibility index (Phi) is 6.73. The van der Waals surface area contributed by atoms with Crippen molar-refractivity contribution in [2.45, 2.75) is 24.7 Å². The Morgan fingerprint density at radius 3 is 2.31 bits per heavy atom. The van der Waals surface area contributed by atoms with Crippen LogP contribution < -0.4 is 10.1 Å². The van der Waals surface area contributed by atoms with Crippen LogP contribution in [-0.2, 0) is 14.8 Å². The highest BCUT2D eigenvalue weighted by atomic mass is 35.5. The molecule has 9 heteroatoms. The summed E-state index contributed by atoms with van der Waals surface area (Å²) in [4.78, 5) is 12.7. The van der Waals surface area contributed by atoms with E-state index < -0.39 is 10.0 Å². The number of nitrogens with zero attached hydrogens (tertiary/aromatic N) is 1. The average molecular weight is 457 g/mol. The lowest BCUT2D eigenvalue weighted by atomic mass is 9.97. The second-order valence-corrected chi connectivity index (χ2v) is 9.76. The van der Waals surface area contributed by atoms with E-state index in [4.69, 9.17) is 27.9 Å². The third-order valence-electron chi connectivity index (χ3n) is 4.89. The van der Waals surface area contributed by atoms with E-state index in [0.29, 0.717) is 34.3 Å². The highest BCUT2D eigenvalue weighted by Gasteiger charge is 2.33. The van der Waals surface area contributed by atoms with Crippen LogP contribution in [0.15, 0.2) is 41.3 Å². The smallest absolute Gasteiger partial charge is 0.246 e. The fourth-order valence-electron chi connectivity index (χ4n) is 3.35. The molecular weight excluding hydrogens is 435 g/mol. The molecule has 3 rings (SSSR count). The molecule has 2 aromatic rings. The van der Waals surface area contributed by atoms with E-state index in [9.17, 15) is 13.2 Å². The number of carbonyl (C=O) groups is 1. The van der Waals surface area contributed by atoms with Crippen molar-refractivity contribution in [3.63, 3.8) is 0 Å². The molecule has 0 bridgehead atoms. The first-order valence-corrected chi connectivity index (χ1v) is 11.3. The summed E-state index contributed by atoms with van der Waals surface area (Å²) in [5.74, 6) is -0.152. The van der Waals surface area contributed by atoms with Crippen LogP contribution in [0.2, 0.25) is 10.0 Å². The van der Waals surface area contributed by atoms with Crippen LogP contribution in [0.25, 0.3) is 0 Å². The number of sulfonamides is 1. The molecule has 1 heterocycles. The first kappa shape index (κ1) is 21.9. The molecule has 0 radical (unpaired) electrons. The van der Waals surface area contributed by atoms with E-state index in [0.717, 1.165) is 5.56 Å². The summed E-state index contributed by atoms with van der Waals surface area (Å²) >= 11 is 11.9. The molecule has 1 aliphatic rings. The first-order valence-electron chi connectivity index (χ1n) is 9.12. The number of hydrogen-bond donors (Lipinski definition) is 1. The maximum absolute atomic E-state index is 13.1. The third-order valence-corrected chi connectivity index (χ3v) is 7.25. The topological polar surface area (TPSA) is 75.7 Å². The molecule has 156 valence electrons. The van der Waals surface area contributed by atoms with Gasteiger partial charge in [-0.25, -0.2) is 8.42 Å². The minimum atomic E-state index is -3.70. The number of benzene rings is 2. The summed E-state index contributed by atoms with van der Waals surface area (Å²) in [6, 6.07) is 9.89. The van der Waals surface area contributed by atoms with Gasteiger partial charge in [0.15, 0.2) is 0 Å². The van der Waals surface area contributed by atoms with E-state index in [1.807, 2.05) is 6.92 Å². The van der Waals surface area contributed by atoms with Gasteiger partial charge in [0.05, 0.1) is 7.11 Å². The van der Waals surface area contributed by atoms with Crippen LogP contribution in [-0.4, -0.2) is 38.8 Å². The first-order chi connectivity index (χ1) is 13.7. The highest BCUT2D eigenvalue weighted by molar-refractivity contribution is 7.89. The van der Waals surface area contributed by atoms with Crippen LogP contribution in [0, 0.1) is 12.8 Å². The number of nitrogens with one attached hydrogen (secondary N) is 1. The number of halogens is 2. The Labute approximate surface area is 180 Å². The second-order valence-electron chi connectivity index (χ2n) is 6.98. The second kappa shape index (κ2) is 8.92. The molecule has 1 N–H and O–H groups in total. The largest absolute Gasteiger partial charge is 0.495 e. The van der Waals surface area contributed by atoms with Crippen molar-refractivity contribution in [2.75, 3.05) is 25.5 Å². The number of anilines is 1. The summed E-state index contributed by atoms with van der Waals surface area (Å²) in [6.07, 6.45) is 0.848.